The first kappa shape index (κ1) is 12.6. The Bertz CT molecular complexity index is 480. The standard InChI is InChI=1S/C14H17NO3/c1-9(10-6-7-10)15(2)13(16)11-4-3-5-12(8-11)14(17)18/h3-5,8-10H,6-7H2,1-2H3,(H,17,18). The van der Waals surface area contributed by atoms with Crippen LogP contribution in [0.2, 0.25) is 0 Å². The van der Waals surface area contributed by atoms with Crippen molar-refractivity contribution in [1.82, 2.24) is 4.90 Å². The lowest BCUT2D eigenvalue weighted by Gasteiger charge is -2.25. The summed E-state index contributed by atoms with van der Waals surface area (Å²) in [5, 5.41) is 8.91. The number of rotatable bonds is 4. The van der Waals surface area contributed by atoms with Crippen LogP contribution in [-0.4, -0.2) is 35.0 Å². The van der Waals surface area contributed by atoms with E-state index >= 15 is 0 Å². The van der Waals surface area contributed by atoms with Crippen molar-refractivity contribution in [2.45, 2.75) is 25.8 Å². The highest BCUT2D eigenvalue weighted by atomic mass is 16.4. The maximum atomic E-state index is 12.2. The molecule has 0 heterocycles. The molecule has 1 fully saturated rings. The van der Waals surface area contributed by atoms with Crippen molar-refractivity contribution in [3.05, 3.63) is 35.4 Å². The lowest BCUT2D eigenvalue weighted by atomic mass is 10.1. The van der Waals surface area contributed by atoms with Gasteiger partial charge in [-0.25, -0.2) is 4.79 Å². The fraction of sp³-hybridized carbons (Fsp3) is 0.429. The van der Waals surface area contributed by atoms with Gasteiger partial charge in [0.25, 0.3) is 5.91 Å². The molecule has 18 heavy (non-hydrogen) atoms. The van der Waals surface area contributed by atoms with E-state index in [1.807, 2.05) is 6.92 Å². The van der Waals surface area contributed by atoms with Gasteiger partial charge in [0.2, 0.25) is 0 Å². The normalized spacial score (nSPS) is 16.1. The summed E-state index contributed by atoms with van der Waals surface area (Å²) in [5.41, 5.74) is 0.582. The molecule has 4 nitrogen and oxygen atoms in total. The number of amides is 1. The van der Waals surface area contributed by atoms with Crippen LogP contribution in [0, 0.1) is 5.92 Å². The first-order chi connectivity index (χ1) is 8.50. The predicted octanol–water partition coefficient (Wildman–Crippen LogP) is 2.26. The maximum Gasteiger partial charge on any atom is 0.335 e. The van der Waals surface area contributed by atoms with Crippen LogP contribution in [0.25, 0.3) is 0 Å². The van der Waals surface area contributed by atoms with E-state index in [4.69, 9.17) is 5.11 Å². The molecule has 1 aliphatic carbocycles. The van der Waals surface area contributed by atoms with E-state index in [9.17, 15) is 9.59 Å². The molecule has 0 bridgehead atoms. The van der Waals surface area contributed by atoms with Gasteiger partial charge in [-0.15, -0.1) is 0 Å². The van der Waals surface area contributed by atoms with Gasteiger partial charge in [0, 0.05) is 18.7 Å². The van der Waals surface area contributed by atoms with Crippen molar-refractivity contribution in [2.24, 2.45) is 5.92 Å². The van der Waals surface area contributed by atoms with Gasteiger partial charge >= 0.3 is 5.97 Å². The Morgan fingerprint density at radius 1 is 1.33 bits per heavy atom. The first-order valence-electron chi connectivity index (χ1n) is 6.11. The van der Waals surface area contributed by atoms with Gasteiger partial charge in [0.05, 0.1) is 5.56 Å². The number of benzene rings is 1. The average molecular weight is 247 g/mol. The minimum Gasteiger partial charge on any atom is -0.478 e. The molecule has 96 valence electrons. The molecule has 1 saturated carbocycles. The van der Waals surface area contributed by atoms with Gasteiger partial charge in [-0.05, 0) is 43.9 Å². The van der Waals surface area contributed by atoms with Crippen LogP contribution in [0.4, 0.5) is 0 Å². The molecule has 1 unspecified atom stereocenters. The minimum atomic E-state index is -1.01. The van der Waals surface area contributed by atoms with E-state index in [0.717, 1.165) is 0 Å². The summed E-state index contributed by atoms with van der Waals surface area (Å²) in [4.78, 5) is 24.8. The highest BCUT2D eigenvalue weighted by molar-refractivity contribution is 5.97. The van der Waals surface area contributed by atoms with Crippen molar-refractivity contribution in [1.29, 1.82) is 0 Å². The summed E-state index contributed by atoms with van der Waals surface area (Å²) in [7, 11) is 1.78. The number of carbonyl (C=O) groups is 2. The van der Waals surface area contributed by atoms with Gasteiger partial charge < -0.3 is 10.0 Å². The Balaban J connectivity index is 2.17. The summed E-state index contributed by atoms with van der Waals surface area (Å²) in [6.45, 7) is 2.04. The Labute approximate surface area is 106 Å². The second kappa shape index (κ2) is 4.80. The van der Waals surface area contributed by atoms with Gasteiger partial charge in [-0.3, -0.25) is 4.79 Å². The molecule has 1 atom stereocenters. The molecule has 1 amide bonds. The number of hydrogen-bond acceptors (Lipinski definition) is 2. The van der Waals surface area contributed by atoms with E-state index in [-0.39, 0.29) is 17.5 Å². The molecule has 1 aromatic rings. The van der Waals surface area contributed by atoms with Crippen molar-refractivity contribution in [3.63, 3.8) is 0 Å². The average Bonchev–Trinajstić information content (AvgIpc) is 3.20. The van der Waals surface area contributed by atoms with Crippen LogP contribution in [0.3, 0.4) is 0 Å². The lowest BCUT2D eigenvalue weighted by Crippen LogP contribution is -2.36. The molecule has 0 spiro atoms. The van der Waals surface area contributed by atoms with E-state index in [2.05, 4.69) is 0 Å². The zero-order chi connectivity index (χ0) is 13.3. The number of hydrogen-bond donors (Lipinski definition) is 1. The Kier molecular flexibility index (Phi) is 3.36. The third-order valence-corrected chi connectivity index (χ3v) is 3.59. The van der Waals surface area contributed by atoms with Crippen LogP contribution in [0.5, 0.6) is 0 Å². The van der Waals surface area contributed by atoms with E-state index in [1.54, 1.807) is 24.1 Å². The van der Waals surface area contributed by atoms with Crippen molar-refractivity contribution in [2.75, 3.05) is 7.05 Å². The Morgan fingerprint density at radius 3 is 2.50 bits per heavy atom. The van der Waals surface area contributed by atoms with E-state index < -0.39 is 5.97 Å². The zero-order valence-electron chi connectivity index (χ0n) is 10.6. The largest absolute Gasteiger partial charge is 0.478 e. The van der Waals surface area contributed by atoms with Crippen molar-refractivity contribution in [3.8, 4) is 0 Å². The van der Waals surface area contributed by atoms with Gasteiger partial charge in [-0.2, -0.15) is 0 Å². The molecule has 1 aromatic carbocycles. The predicted molar refractivity (Wildman–Crippen MR) is 67.7 cm³/mol. The molecule has 2 rings (SSSR count). The van der Waals surface area contributed by atoms with Crippen molar-refractivity contribution < 1.29 is 14.7 Å². The fourth-order valence-corrected chi connectivity index (χ4v) is 2.07. The van der Waals surface area contributed by atoms with Gasteiger partial charge in [0.1, 0.15) is 0 Å². The zero-order valence-corrected chi connectivity index (χ0v) is 10.6. The molecular weight excluding hydrogens is 230 g/mol. The molecule has 1 N–H and O–H groups in total. The Hall–Kier alpha value is -1.84. The topological polar surface area (TPSA) is 57.6 Å². The fourth-order valence-electron chi connectivity index (χ4n) is 2.07. The maximum absolute atomic E-state index is 12.2. The second-order valence-electron chi connectivity index (χ2n) is 4.88. The summed E-state index contributed by atoms with van der Waals surface area (Å²) in [6.07, 6.45) is 2.35. The van der Waals surface area contributed by atoms with Crippen LogP contribution in [0.1, 0.15) is 40.5 Å². The highest BCUT2D eigenvalue weighted by Gasteiger charge is 2.32. The molecule has 0 aliphatic heterocycles. The van der Waals surface area contributed by atoms with E-state index in [0.29, 0.717) is 11.5 Å². The van der Waals surface area contributed by atoms with Crippen LogP contribution in [-0.2, 0) is 0 Å². The number of carboxylic acid groups (broad SMARTS) is 1. The van der Waals surface area contributed by atoms with Gasteiger partial charge in [-0.1, -0.05) is 6.07 Å². The van der Waals surface area contributed by atoms with Crippen LogP contribution < -0.4 is 0 Å². The summed E-state index contributed by atoms with van der Waals surface area (Å²) < 4.78 is 0. The minimum absolute atomic E-state index is 0.113. The first-order valence-corrected chi connectivity index (χ1v) is 6.11. The molecular formula is C14H17NO3. The molecule has 4 heteroatoms. The number of aromatic carboxylic acids is 1. The lowest BCUT2D eigenvalue weighted by molar-refractivity contribution is 0.0697. The van der Waals surface area contributed by atoms with Crippen molar-refractivity contribution >= 4 is 11.9 Å². The monoisotopic (exact) mass is 247 g/mol. The van der Waals surface area contributed by atoms with Crippen LogP contribution >= 0.6 is 0 Å². The number of nitrogens with zero attached hydrogens (tertiary/aromatic N) is 1. The highest BCUT2D eigenvalue weighted by Crippen LogP contribution is 2.35. The van der Waals surface area contributed by atoms with Gasteiger partial charge in [0.15, 0.2) is 0 Å². The number of carboxylic acids is 1. The second-order valence-corrected chi connectivity index (χ2v) is 4.88. The molecule has 0 radical (unpaired) electrons. The molecule has 0 saturated heterocycles. The Morgan fingerprint density at radius 2 is 1.94 bits per heavy atom. The smallest absolute Gasteiger partial charge is 0.335 e. The molecule has 0 aromatic heterocycles. The number of carbonyl (C=O) groups excluding carboxylic acids is 1. The van der Waals surface area contributed by atoms with Crippen LogP contribution in [0.15, 0.2) is 24.3 Å². The third-order valence-electron chi connectivity index (χ3n) is 3.59. The molecule has 1 aliphatic rings. The summed E-state index contributed by atoms with van der Waals surface area (Å²) in [5.74, 6) is -0.526. The third kappa shape index (κ3) is 2.53. The quantitative estimate of drug-likeness (QED) is 0.887. The summed E-state index contributed by atoms with van der Waals surface area (Å²) >= 11 is 0. The SMILES string of the molecule is CC(C1CC1)N(C)C(=O)c1cccc(C(=O)O)c1. The van der Waals surface area contributed by atoms with E-state index in [1.165, 1.54) is 25.0 Å². The summed E-state index contributed by atoms with van der Waals surface area (Å²) in [6, 6.07) is 6.40.